The molecule has 0 spiro atoms. The lowest BCUT2D eigenvalue weighted by molar-refractivity contribution is 0.0621. The predicted octanol–water partition coefficient (Wildman–Crippen LogP) is 0.966. The number of nitrogens with zero attached hydrogens (tertiary/aromatic N) is 5. The van der Waals surface area contributed by atoms with Crippen molar-refractivity contribution in [2.24, 2.45) is 0 Å². The number of hydrogen-bond acceptors (Lipinski definition) is 5. The highest BCUT2D eigenvalue weighted by molar-refractivity contribution is 5.92. The van der Waals surface area contributed by atoms with E-state index >= 15 is 0 Å². The average molecular weight is 377 g/mol. The van der Waals surface area contributed by atoms with E-state index < -0.39 is 0 Å². The van der Waals surface area contributed by atoms with Gasteiger partial charge in [-0.3, -0.25) is 9.69 Å². The molecule has 9 heteroatoms. The van der Waals surface area contributed by atoms with E-state index in [9.17, 15) is 4.79 Å². The number of nitrogens with one attached hydrogen (secondary N) is 1. The number of rotatable bonds is 3. The van der Waals surface area contributed by atoms with Crippen molar-refractivity contribution >= 4 is 30.7 Å². The smallest absolute Gasteiger partial charge is 0.276 e. The van der Waals surface area contributed by atoms with Crippen LogP contribution in [0, 0.1) is 0 Å². The summed E-state index contributed by atoms with van der Waals surface area (Å²) in [6, 6.07) is 1.17. The summed E-state index contributed by atoms with van der Waals surface area (Å²) >= 11 is 0. The Kier molecular flexibility index (Phi) is 6.86. The molecule has 7 nitrogen and oxygen atoms in total. The molecule has 0 radical (unpaired) electrons. The Morgan fingerprint density at radius 3 is 2.29 bits per heavy atom. The van der Waals surface area contributed by atoms with Crippen LogP contribution in [0.15, 0.2) is 6.20 Å². The number of amides is 1. The molecule has 4 rings (SSSR count). The van der Waals surface area contributed by atoms with Crippen molar-refractivity contribution in [2.45, 2.75) is 37.8 Å². The molecule has 136 valence electrons. The number of carbonyl (C=O) groups is 1. The van der Waals surface area contributed by atoms with E-state index in [1.807, 2.05) is 15.8 Å². The molecule has 1 aromatic rings. The Labute approximate surface area is 154 Å². The zero-order valence-electron chi connectivity index (χ0n) is 13.8. The minimum atomic E-state index is 0. The van der Waals surface area contributed by atoms with Crippen LogP contribution in [0.25, 0.3) is 0 Å². The number of carbonyl (C=O) groups excluding carboxylic acids is 1. The van der Waals surface area contributed by atoms with Crippen LogP contribution in [0.4, 0.5) is 0 Å². The van der Waals surface area contributed by atoms with Crippen LogP contribution in [-0.2, 0) is 0 Å². The fourth-order valence-corrected chi connectivity index (χ4v) is 3.52. The van der Waals surface area contributed by atoms with Crippen LogP contribution in [0.2, 0.25) is 0 Å². The minimum absolute atomic E-state index is 0. The van der Waals surface area contributed by atoms with Crippen LogP contribution in [-0.4, -0.2) is 76.0 Å². The molecule has 1 amide bonds. The molecule has 0 atom stereocenters. The highest BCUT2D eigenvalue weighted by Crippen LogP contribution is 2.27. The monoisotopic (exact) mass is 376 g/mol. The van der Waals surface area contributed by atoms with Crippen LogP contribution in [0.1, 0.15) is 42.2 Å². The average Bonchev–Trinajstić information content (AvgIpc) is 3.32. The summed E-state index contributed by atoms with van der Waals surface area (Å²) < 4.78 is 1.88. The van der Waals surface area contributed by atoms with Crippen molar-refractivity contribution in [1.82, 2.24) is 30.1 Å². The summed E-state index contributed by atoms with van der Waals surface area (Å²) in [5.74, 6) is 0.0376. The molecule has 2 saturated heterocycles. The maximum atomic E-state index is 12.6. The third kappa shape index (κ3) is 4.20. The molecule has 3 fully saturated rings. The van der Waals surface area contributed by atoms with Crippen molar-refractivity contribution in [3.63, 3.8) is 0 Å². The quantitative estimate of drug-likeness (QED) is 0.850. The van der Waals surface area contributed by atoms with Crippen LogP contribution in [0.5, 0.6) is 0 Å². The van der Waals surface area contributed by atoms with Crippen molar-refractivity contribution < 1.29 is 4.79 Å². The lowest BCUT2D eigenvalue weighted by Crippen LogP contribution is -2.49. The number of piperidine rings is 1. The second-order valence-corrected chi connectivity index (χ2v) is 6.62. The number of aromatic nitrogens is 3. The largest absolute Gasteiger partial charge is 0.335 e. The van der Waals surface area contributed by atoms with Crippen molar-refractivity contribution in [3.8, 4) is 0 Å². The molecule has 1 saturated carbocycles. The Morgan fingerprint density at radius 1 is 1.00 bits per heavy atom. The van der Waals surface area contributed by atoms with E-state index in [0.717, 1.165) is 58.2 Å². The van der Waals surface area contributed by atoms with Gasteiger partial charge < -0.3 is 10.2 Å². The summed E-state index contributed by atoms with van der Waals surface area (Å²) in [5.41, 5.74) is 0.499. The predicted molar refractivity (Wildman–Crippen MR) is 96.2 cm³/mol. The summed E-state index contributed by atoms with van der Waals surface area (Å²) in [6.45, 7) is 5.65. The third-order valence-corrected chi connectivity index (χ3v) is 5.08. The Morgan fingerprint density at radius 2 is 1.67 bits per heavy atom. The van der Waals surface area contributed by atoms with Gasteiger partial charge in [-0.25, -0.2) is 4.68 Å². The van der Waals surface area contributed by atoms with Gasteiger partial charge in [0, 0.05) is 32.2 Å². The van der Waals surface area contributed by atoms with Gasteiger partial charge in [0.15, 0.2) is 5.69 Å². The Hall–Kier alpha value is -0.890. The fraction of sp³-hybridized carbons (Fsp3) is 0.800. The van der Waals surface area contributed by atoms with E-state index in [-0.39, 0.29) is 30.7 Å². The molecule has 3 aliphatic rings. The SMILES string of the molecule is Cl.Cl.O=C(c1cn(C2CCNCC2)nn1)N1CCN(C2CC2)CC1. The standard InChI is InChI=1S/C15H24N6O.2ClH/c22-15(20-9-7-19(8-10-20)12-1-2-12)14-11-21(18-17-14)13-3-5-16-6-4-13;;/h11-13,16H,1-10H2;2*1H. The van der Waals surface area contributed by atoms with Gasteiger partial charge in [0.05, 0.1) is 12.2 Å². The van der Waals surface area contributed by atoms with Crippen molar-refractivity contribution in [2.75, 3.05) is 39.3 Å². The zero-order valence-corrected chi connectivity index (χ0v) is 15.4. The van der Waals surface area contributed by atoms with Crippen molar-refractivity contribution in [1.29, 1.82) is 0 Å². The first-order valence-corrected chi connectivity index (χ1v) is 8.47. The van der Waals surface area contributed by atoms with Crippen LogP contribution >= 0.6 is 24.8 Å². The molecule has 0 bridgehead atoms. The van der Waals surface area contributed by atoms with Gasteiger partial charge >= 0.3 is 0 Å². The van der Waals surface area contributed by atoms with E-state index in [1.54, 1.807) is 0 Å². The molecule has 2 aliphatic heterocycles. The maximum Gasteiger partial charge on any atom is 0.276 e. The van der Waals surface area contributed by atoms with E-state index in [0.29, 0.717) is 11.7 Å². The summed E-state index contributed by atoms with van der Waals surface area (Å²) in [6.07, 6.45) is 6.61. The minimum Gasteiger partial charge on any atom is -0.335 e. The van der Waals surface area contributed by atoms with Gasteiger partial charge in [-0.15, -0.1) is 29.9 Å². The van der Waals surface area contributed by atoms with Gasteiger partial charge in [0.1, 0.15) is 0 Å². The van der Waals surface area contributed by atoms with Crippen molar-refractivity contribution in [3.05, 3.63) is 11.9 Å². The summed E-state index contributed by atoms with van der Waals surface area (Å²) in [7, 11) is 0. The third-order valence-electron chi connectivity index (χ3n) is 5.08. The second kappa shape index (κ2) is 8.47. The zero-order chi connectivity index (χ0) is 14.9. The highest BCUT2D eigenvalue weighted by atomic mass is 35.5. The van der Waals surface area contributed by atoms with Gasteiger partial charge in [-0.1, -0.05) is 5.21 Å². The molecular weight excluding hydrogens is 351 g/mol. The summed E-state index contributed by atoms with van der Waals surface area (Å²) in [4.78, 5) is 17.0. The van der Waals surface area contributed by atoms with Gasteiger partial charge in [0.2, 0.25) is 0 Å². The second-order valence-electron chi connectivity index (χ2n) is 6.62. The lowest BCUT2D eigenvalue weighted by atomic mass is 10.1. The Balaban J connectivity index is 0.00000104. The van der Waals surface area contributed by atoms with Gasteiger partial charge in [-0.05, 0) is 38.8 Å². The highest BCUT2D eigenvalue weighted by Gasteiger charge is 2.33. The molecule has 3 heterocycles. The fourth-order valence-electron chi connectivity index (χ4n) is 3.52. The summed E-state index contributed by atoms with van der Waals surface area (Å²) in [5, 5.41) is 11.7. The number of halogens is 2. The lowest BCUT2D eigenvalue weighted by Gasteiger charge is -2.34. The normalized spacial score (nSPS) is 22.6. The van der Waals surface area contributed by atoms with Crippen LogP contribution < -0.4 is 5.32 Å². The van der Waals surface area contributed by atoms with E-state index in [4.69, 9.17) is 0 Å². The molecule has 1 aliphatic carbocycles. The van der Waals surface area contributed by atoms with E-state index in [2.05, 4.69) is 20.5 Å². The first kappa shape index (κ1) is 19.4. The topological polar surface area (TPSA) is 66.3 Å². The first-order valence-electron chi connectivity index (χ1n) is 8.47. The van der Waals surface area contributed by atoms with Gasteiger partial charge in [-0.2, -0.15) is 0 Å². The maximum absolute atomic E-state index is 12.6. The molecule has 1 aromatic heterocycles. The number of piperazine rings is 1. The first-order chi connectivity index (χ1) is 10.8. The molecule has 0 unspecified atom stereocenters. The molecule has 1 N–H and O–H groups in total. The Bertz CT molecular complexity index is 536. The molecule has 24 heavy (non-hydrogen) atoms. The molecular formula is C15H26Cl2N6O. The van der Waals surface area contributed by atoms with E-state index in [1.165, 1.54) is 12.8 Å². The van der Waals surface area contributed by atoms with Crippen LogP contribution in [0.3, 0.4) is 0 Å². The molecule has 0 aromatic carbocycles. The van der Waals surface area contributed by atoms with Gasteiger partial charge in [0.25, 0.3) is 5.91 Å². The number of hydrogen-bond donors (Lipinski definition) is 1.